The molecular weight excluding hydrogens is 308 g/mol. The van der Waals surface area contributed by atoms with E-state index < -0.39 is 23.7 Å². The summed E-state index contributed by atoms with van der Waals surface area (Å²) in [4.78, 5) is 46.6. The molecule has 4 rings (SSSR count). The Hall–Kier alpha value is -3.02. The number of nitrogens with zero attached hydrogens (tertiary/aromatic N) is 2. The number of hydrogen-bond donors (Lipinski definition) is 0. The zero-order valence-corrected chi connectivity index (χ0v) is 12.8. The first kappa shape index (κ1) is 14.6. The topological polar surface area (TPSA) is 76.6 Å². The summed E-state index contributed by atoms with van der Waals surface area (Å²) < 4.78 is 0. The van der Waals surface area contributed by atoms with E-state index in [0.29, 0.717) is 17.2 Å². The van der Waals surface area contributed by atoms with Gasteiger partial charge in [0.2, 0.25) is 0 Å². The average Bonchev–Trinajstić information content (AvgIpc) is 2.86. The van der Waals surface area contributed by atoms with Crippen LogP contribution in [0, 0.1) is 0 Å². The number of amides is 2. The molecule has 120 valence electrons. The van der Waals surface area contributed by atoms with Gasteiger partial charge in [-0.15, -0.1) is 0 Å². The van der Waals surface area contributed by atoms with Crippen molar-refractivity contribution in [2.45, 2.75) is 25.2 Å². The number of hydroxylamine groups is 2. The van der Waals surface area contributed by atoms with Gasteiger partial charge in [-0.05, 0) is 43.0 Å². The zero-order chi connectivity index (χ0) is 16.7. The monoisotopic (exact) mass is 322 g/mol. The van der Waals surface area contributed by atoms with Crippen LogP contribution in [0.3, 0.4) is 0 Å². The van der Waals surface area contributed by atoms with Crippen molar-refractivity contribution >= 4 is 17.8 Å². The van der Waals surface area contributed by atoms with E-state index in [1.54, 1.807) is 30.5 Å². The van der Waals surface area contributed by atoms with Crippen LogP contribution in [0.25, 0.3) is 0 Å². The van der Waals surface area contributed by atoms with Crippen molar-refractivity contribution in [3.63, 3.8) is 0 Å². The summed E-state index contributed by atoms with van der Waals surface area (Å²) in [6, 6.07) is 10.2. The molecule has 0 radical (unpaired) electrons. The van der Waals surface area contributed by atoms with E-state index in [0.717, 1.165) is 18.4 Å². The molecule has 0 bridgehead atoms. The quantitative estimate of drug-likeness (QED) is 0.793. The lowest BCUT2D eigenvalue weighted by molar-refractivity contribution is -0.171. The summed E-state index contributed by atoms with van der Waals surface area (Å²) in [5.41, 5.74) is 2.17. The van der Waals surface area contributed by atoms with Crippen molar-refractivity contribution < 1.29 is 19.2 Å². The average molecular weight is 322 g/mol. The maximum Gasteiger partial charge on any atom is 0.342 e. The minimum absolute atomic E-state index is 0.248. The number of pyridine rings is 1. The SMILES string of the molecule is O=C(ON1C(=O)c2ccccc2C1=O)C1CCCc2cccnc21. The second-order valence-corrected chi connectivity index (χ2v) is 5.85. The van der Waals surface area contributed by atoms with E-state index in [1.807, 2.05) is 12.1 Å². The van der Waals surface area contributed by atoms with Gasteiger partial charge in [0, 0.05) is 6.20 Å². The fraction of sp³-hybridized carbons (Fsp3) is 0.222. The molecule has 1 unspecified atom stereocenters. The number of aryl methyl sites for hydroxylation is 1. The molecule has 6 nitrogen and oxygen atoms in total. The molecule has 1 aliphatic heterocycles. The van der Waals surface area contributed by atoms with Crippen LogP contribution in [0.15, 0.2) is 42.6 Å². The van der Waals surface area contributed by atoms with E-state index >= 15 is 0 Å². The van der Waals surface area contributed by atoms with Gasteiger partial charge >= 0.3 is 5.97 Å². The number of rotatable bonds is 2. The number of carbonyl (C=O) groups excluding carboxylic acids is 3. The normalized spacial score (nSPS) is 19.0. The second-order valence-electron chi connectivity index (χ2n) is 5.85. The smallest absolute Gasteiger partial charge is 0.329 e. The highest BCUT2D eigenvalue weighted by Crippen LogP contribution is 2.32. The molecule has 1 aliphatic carbocycles. The molecule has 2 heterocycles. The highest BCUT2D eigenvalue weighted by Gasteiger charge is 2.40. The maximum absolute atomic E-state index is 12.6. The summed E-state index contributed by atoms with van der Waals surface area (Å²) >= 11 is 0. The molecule has 0 N–H and O–H groups in total. The minimum atomic E-state index is -0.621. The Kier molecular flexibility index (Phi) is 3.37. The van der Waals surface area contributed by atoms with E-state index in [4.69, 9.17) is 4.84 Å². The van der Waals surface area contributed by atoms with E-state index in [-0.39, 0.29) is 11.1 Å². The van der Waals surface area contributed by atoms with Gasteiger partial charge in [-0.3, -0.25) is 14.6 Å². The molecule has 0 saturated carbocycles. The first-order chi connectivity index (χ1) is 11.7. The van der Waals surface area contributed by atoms with Gasteiger partial charge in [0.05, 0.1) is 16.8 Å². The summed E-state index contributed by atoms with van der Waals surface area (Å²) in [5.74, 6) is -2.40. The lowest BCUT2D eigenvalue weighted by atomic mass is 9.87. The lowest BCUT2D eigenvalue weighted by Crippen LogP contribution is -2.35. The predicted molar refractivity (Wildman–Crippen MR) is 83.0 cm³/mol. The first-order valence-corrected chi connectivity index (χ1v) is 7.80. The summed E-state index contributed by atoms with van der Waals surface area (Å²) in [5, 5.41) is 0.560. The highest BCUT2D eigenvalue weighted by atomic mass is 16.7. The van der Waals surface area contributed by atoms with Crippen LogP contribution in [0.5, 0.6) is 0 Å². The Morgan fingerprint density at radius 2 is 1.79 bits per heavy atom. The van der Waals surface area contributed by atoms with Gasteiger partial charge in [-0.1, -0.05) is 23.3 Å². The van der Waals surface area contributed by atoms with Gasteiger partial charge in [0.1, 0.15) is 5.92 Å². The van der Waals surface area contributed by atoms with E-state index in [9.17, 15) is 14.4 Å². The zero-order valence-electron chi connectivity index (χ0n) is 12.8. The van der Waals surface area contributed by atoms with Crippen LogP contribution in [0.4, 0.5) is 0 Å². The lowest BCUT2D eigenvalue weighted by Gasteiger charge is -2.23. The van der Waals surface area contributed by atoms with Crippen molar-refractivity contribution in [3.05, 3.63) is 65.0 Å². The molecule has 2 aliphatic rings. The summed E-state index contributed by atoms with van der Waals surface area (Å²) in [6.07, 6.45) is 3.92. The Morgan fingerprint density at radius 1 is 1.08 bits per heavy atom. The second kappa shape index (κ2) is 5.56. The molecule has 24 heavy (non-hydrogen) atoms. The Labute approximate surface area is 138 Å². The largest absolute Gasteiger partial charge is 0.342 e. The predicted octanol–water partition coefficient (Wildman–Crippen LogP) is 2.26. The van der Waals surface area contributed by atoms with Crippen LogP contribution in [0.2, 0.25) is 0 Å². The van der Waals surface area contributed by atoms with Gasteiger partial charge in [0.25, 0.3) is 11.8 Å². The Balaban J connectivity index is 1.58. The number of imide groups is 1. The molecule has 1 aromatic heterocycles. The molecule has 2 aromatic rings. The van der Waals surface area contributed by atoms with Crippen molar-refractivity contribution in [3.8, 4) is 0 Å². The van der Waals surface area contributed by atoms with Crippen molar-refractivity contribution in [2.75, 3.05) is 0 Å². The summed E-state index contributed by atoms with van der Waals surface area (Å²) in [6.45, 7) is 0. The van der Waals surface area contributed by atoms with E-state index in [1.165, 1.54) is 0 Å². The van der Waals surface area contributed by atoms with E-state index in [2.05, 4.69) is 4.98 Å². The van der Waals surface area contributed by atoms with Gasteiger partial charge in [-0.25, -0.2) is 4.79 Å². The molecule has 6 heteroatoms. The maximum atomic E-state index is 12.6. The number of benzene rings is 1. The van der Waals surface area contributed by atoms with Crippen molar-refractivity contribution in [1.82, 2.24) is 10.0 Å². The molecule has 0 spiro atoms. The fourth-order valence-electron chi connectivity index (χ4n) is 3.24. The van der Waals surface area contributed by atoms with Crippen LogP contribution in [-0.2, 0) is 16.1 Å². The number of hydrogen-bond acceptors (Lipinski definition) is 5. The molecule has 1 aromatic carbocycles. The Morgan fingerprint density at radius 3 is 2.50 bits per heavy atom. The van der Waals surface area contributed by atoms with Gasteiger partial charge in [-0.2, -0.15) is 0 Å². The first-order valence-electron chi connectivity index (χ1n) is 7.80. The van der Waals surface area contributed by atoms with Crippen LogP contribution in [0.1, 0.15) is 50.7 Å². The molecule has 0 saturated heterocycles. The van der Waals surface area contributed by atoms with Crippen molar-refractivity contribution in [2.24, 2.45) is 0 Å². The van der Waals surface area contributed by atoms with Crippen LogP contribution < -0.4 is 0 Å². The molecule has 2 amide bonds. The number of fused-ring (bicyclic) bond motifs is 2. The minimum Gasteiger partial charge on any atom is -0.329 e. The number of carbonyl (C=O) groups is 3. The third-order valence-electron chi connectivity index (χ3n) is 4.42. The third kappa shape index (κ3) is 2.19. The summed E-state index contributed by atoms with van der Waals surface area (Å²) in [7, 11) is 0. The fourth-order valence-corrected chi connectivity index (χ4v) is 3.24. The highest BCUT2D eigenvalue weighted by molar-refractivity contribution is 6.20. The molecular formula is C18H14N2O4. The van der Waals surface area contributed by atoms with Gasteiger partial charge in [0.15, 0.2) is 0 Å². The molecule has 1 atom stereocenters. The Bertz CT molecular complexity index is 827. The van der Waals surface area contributed by atoms with Crippen molar-refractivity contribution in [1.29, 1.82) is 0 Å². The molecule has 0 fully saturated rings. The number of aromatic nitrogens is 1. The third-order valence-corrected chi connectivity index (χ3v) is 4.42. The standard InChI is InChI=1S/C18H14N2O4/c21-16-12-7-1-2-8-13(12)17(22)20(16)24-18(23)14-9-3-5-11-6-4-10-19-15(11)14/h1-2,4,6-8,10,14H,3,5,9H2. The van der Waals surface area contributed by atoms with Crippen LogP contribution >= 0.6 is 0 Å². The van der Waals surface area contributed by atoms with Gasteiger partial charge < -0.3 is 4.84 Å². The van der Waals surface area contributed by atoms with Crippen LogP contribution in [-0.4, -0.2) is 27.8 Å².